The van der Waals surface area contributed by atoms with E-state index >= 15 is 0 Å². The molecular weight excluding hydrogens is 296 g/mol. The number of alkyl halides is 1. The number of methoxy groups -OCH3 is 3. The summed E-state index contributed by atoms with van der Waals surface area (Å²) in [4.78, 5) is 0. The van der Waals surface area contributed by atoms with Gasteiger partial charge in [0.15, 0.2) is 11.5 Å². The molecule has 0 amide bonds. The third-order valence-corrected chi connectivity index (χ3v) is 3.17. The average molecular weight is 313 g/mol. The number of aromatic nitrogens is 2. The van der Waals surface area contributed by atoms with E-state index in [1.54, 1.807) is 33.5 Å². The number of benzene rings is 1. The van der Waals surface area contributed by atoms with Gasteiger partial charge in [0.2, 0.25) is 17.5 Å². The molecule has 0 atom stereocenters. The van der Waals surface area contributed by atoms with Gasteiger partial charge in [-0.1, -0.05) is 0 Å². The molecule has 2 rings (SSSR count). The maximum absolute atomic E-state index is 5.65. The molecular formula is C14H17ClN2O4. The zero-order chi connectivity index (χ0) is 15.2. The van der Waals surface area contributed by atoms with Crippen LogP contribution in [-0.4, -0.2) is 37.4 Å². The van der Waals surface area contributed by atoms with Crippen molar-refractivity contribution in [1.82, 2.24) is 10.2 Å². The highest BCUT2D eigenvalue weighted by Crippen LogP contribution is 2.40. The smallest absolute Gasteiger partial charge is 0.248 e. The molecule has 0 fully saturated rings. The Morgan fingerprint density at radius 3 is 2.24 bits per heavy atom. The zero-order valence-corrected chi connectivity index (χ0v) is 12.9. The Morgan fingerprint density at radius 2 is 1.71 bits per heavy atom. The number of hydrogen-bond donors (Lipinski definition) is 0. The molecule has 0 spiro atoms. The second-order valence-electron chi connectivity index (χ2n) is 4.21. The first-order valence-corrected chi connectivity index (χ1v) is 6.95. The van der Waals surface area contributed by atoms with Crippen molar-refractivity contribution in [3.05, 3.63) is 18.0 Å². The van der Waals surface area contributed by atoms with Gasteiger partial charge in [-0.2, -0.15) is 0 Å². The predicted octanol–water partition coefficient (Wildman–Crippen LogP) is 2.93. The molecule has 21 heavy (non-hydrogen) atoms. The molecule has 0 saturated carbocycles. The van der Waals surface area contributed by atoms with Crippen LogP contribution in [0.25, 0.3) is 11.5 Å². The third-order valence-electron chi connectivity index (χ3n) is 2.90. The lowest BCUT2D eigenvalue weighted by Gasteiger charge is -2.12. The summed E-state index contributed by atoms with van der Waals surface area (Å²) in [5, 5.41) is 8.03. The van der Waals surface area contributed by atoms with Crippen molar-refractivity contribution < 1.29 is 18.6 Å². The maximum Gasteiger partial charge on any atom is 0.248 e. The highest BCUT2D eigenvalue weighted by atomic mass is 35.5. The standard InChI is InChI=1S/C14H17ClN2O4/c1-18-10-7-9(8-11(19-2)13(10)20-3)14-17-16-12(21-14)5-4-6-15/h7-8H,4-6H2,1-3H3. The summed E-state index contributed by atoms with van der Waals surface area (Å²) in [7, 11) is 4.67. The first-order chi connectivity index (χ1) is 10.2. The fraction of sp³-hybridized carbons (Fsp3) is 0.429. The van der Waals surface area contributed by atoms with Crippen LogP contribution >= 0.6 is 11.6 Å². The number of hydrogen-bond acceptors (Lipinski definition) is 6. The van der Waals surface area contributed by atoms with Crippen LogP contribution in [0.1, 0.15) is 12.3 Å². The number of halogens is 1. The summed E-state index contributed by atoms with van der Waals surface area (Å²) in [6.07, 6.45) is 1.44. The molecule has 1 aromatic heterocycles. The topological polar surface area (TPSA) is 66.6 Å². The molecule has 0 unspecified atom stereocenters. The summed E-state index contributed by atoms with van der Waals surface area (Å²) in [5.74, 6) is 3.10. The van der Waals surface area contributed by atoms with Gasteiger partial charge in [-0.25, -0.2) is 0 Å². The van der Waals surface area contributed by atoms with Crippen LogP contribution in [0, 0.1) is 0 Å². The van der Waals surface area contributed by atoms with Gasteiger partial charge < -0.3 is 18.6 Å². The molecule has 0 N–H and O–H groups in total. The van der Waals surface area contributed by atoms with E-state index in [1.807, 2.05) is 0 Å². The Bertz CT molecular complexity index is 575. The van der Waals surface area contributed by atoms with E-state index in [1.165, 1.54) is 0 Å². The van der Waals surface area contributed by atoms with Crippen LogP contribution in [-0.2, 0) is 6.42 Å². The summed E-state index contributed by atoms with van der Waals surface area (Å²) < 4.78 is 21.5. The van der Waals surface area contributed by atoms with Crippen LogP contribution in [0.3, 0.4) is 0 Å². The summed E-state index contributed by atoms with van der Waals surface area (Å²) in [6.45, 7) is 0. The fourth-order valence-electron chi connectivity index (χ4n) is 1.89. The Morgan fingerprint density at radius 1 is 1.05 bits per heavy atom. The van der Waals surface area contributed by atoms with Crippen molar-refractivity contribution in [3.63, 3.8) is 0 Å². The minimum Gasteiger partial charge on any atom is -0.493 e. The molecule has 0 aliphatic rings. The van der Waals surface area contributed by atoms with Gasteiger partial charge >= 0.3 is 0 Å². The molecule has 7 heteroatoms. The van der Waals surface area contributed by atoms with Crippen LogP contribution < -0.4 is 14.2 Å². The SMILES string of the molecule is COc1cc(-c2nnc(CCCCl)o2)cc(OC)c1OC. The van der Waals surface area contributed by atoms with Gasteiger partial charge in [-0.05, 0) is 18.6 Å². The van der Waals surface area contributed by atoms with Gasteiger partial charge in [0.05, 0.1) is 21.3 Å². The normalized spacial score (nSPS) is 10.5. The summed E-state index contributed by atoms with van der Waals surface area (Å²) >= 11 is 5.65. The molecule has 0 bridgehead atoms. The van der Waals surface area contributed by atoms with Gasteiger partial charge in [-0.15, -0.1) is 21.8 Å². The predicted molar refractivity (Wildman–Crippen MR) is 78.4 cm³/mol. The zero-order valence-electron chi connectivity index (χ0n) is 12.2. The van der Waals surface area contributed by atoms with Crippen molar-refractivity contribution in [2.45, 2.75) is 12.8 Å². The van der Waals surface area contributed by atoms with Crippen LogP contribution in [0.4, 0.5) is 0 Å². The monoisotopic (exact) mass is 312 g/mol. The number of rotatable bonds is 7. The Labute approximate surface area is 128 Å². The Kier molecular flexibility index (Phi) is 5.27. The first kappa shape index (κ1) is 15.4. The van der Waals surface area contributed by atoms with Gasteiger partial charge in [-0.3, -0.25) is 0 Å². The summed E-state index contributed by atoms with van der Waals surface area (Å²) in [5.41, 5.74) is 0.703. The number of nitrogens with zero attached hydrogens (tertiary/aromatic N) is 2. The van der Waals surface area contributed by atoms with Crippen molar-refractivity contribution in [1.29, 1.82) is 0 Å². The third kappa shape index (κ3) is 3.39. The van der Waals surface area contributed by atoms with Crippen LogP contribution in [0.5, 0.6) is 17.2 Å². The highest BCUT2D eigenvalue weighted by Gasteiger charge is 2.17. The van der Waals surface area contributed by atoms with Crippen LogP contribution in [0.2, 0.25) is 0 Å². The fourth-order valence-corrected chi connectivity index (χ4v) is 2.03. The van der Waals surface area contributed by atoms with Crippen molar-refractivity contribution in [3.8, 4) is 28.7 Å². The lowest BCUT2D eigenvalue weighted by molar-refractivity contribution is 0.324. The minimum atomic E-state index is 0.402. The van der Waals surface area contributed by atoms with E-state index in [9.17, 15) is 0 Å². The van der Waals surface area contributed by atoms with E-state index < -0.39 is 0 Å². The molecule has 2 aromatic rings. The van der Waals surface area contributed by atoms with E-state index in [2.05, 4.69) is 10.2 Å². The molecule has 0 aliphatic heterocycles. The van der Waals surface area contributed by atoms with Gasteiger partial charge in [0, 0.05) is 17.9 Å². The number of ether oxygens (including phenoxy) is 3. The summed E-state index contributed by atoms with van der Waals surface area (Å²) in [6, 6.07) is 3.53. The van der Waals surface area contributed by atoms with Gasteiger partial charge in [0.25, 0.3) is 0 Å². The molecule has 0 saturated heterocycles. The van der Waals surface area contributed by atoms with E-state index in [4.69, 9.17) is 30.2 Å². The van der Waals surface area contributed by atoms with Crippen LogP contribution in [0.15, 0.2) is 16.5 Å². The Balaban J connectivity index is 2.37. The van der Waals surface area contributed by atoms with E-state index in [0.29, 0.717) is 46.9 Å². The van der Waals surface area contributed by atoms with Crippen molar-refractivity contribution >= 4 is 11.6 Å². The largest absolute Gasteiger partial charge is 0.493 e. The average Bonchev–Trinajstić information content (AvgIpc) is 3.00. The minimum absolute atomic E-state index is 0.402. The molecule has 0 aliphatic carbocycles. The molecule has 0 radical (unpaired) electrons. The number of aryl methyl sites for hydroxylation is 1. The molecule has 114 valence electrons. The van der Waals surface area contributed by atoms with Crippen molar-refractivity contribution in [2.75, 3.05) is 27.2 Å². The Hall–Kier alpha value is -1.95. The molecule has 1 aromatic carbocycles. The second kappa shape index (κ2) is 7.17. The quantitative estimate of drug-likeness (QED) is 0.732. The molecule has 6 nitrogen and oxygen atoms in total. The maximum atomic E-state index is 5.65. The highest BCUT2D eigenvalue weighted by molar-refractivity contribution is 6.17. The second-order valence-corrected chi connectivity index (χ2v) is 4.59. The van der Waals surface area contributed by atoms with Crippen molar-refractivity contribution in [2.24, 2.45) is 0 Å². The van der Waals surface area contributed by atoms with Gasteiger partial charge in [0.1, 0.15) is 0 Å². The molecule has 1 heterocycles. The lowest BCUT2D eigenvalue weighted by Crippen LogP contribution is -1.95. The lowest BCUT2D eigenvalue weighted by atomic mass is 10.2. The first-order valence-electron chi connectivity index (χ1n) is 6.42. The van der Waals surface area contributed by atoms with E-state index in [0.717, 1.165) is 6.42 Å². The van der Waals surface area contributed by atoms with E-state index in [-0.39, 0.29) is 0 Å².